The summed E-state index contributed by atoms with van der Waals surface area (Å²) in [6, 6.07) is 7.67. The van der Waals surface area contributed by atoms with Crippen molar-refractivity contribution >= 4 is 27.5 Å². The second kappa shape index (κ2) is 6.72. The third-order valence-electron chi connectivity index (χ3n) is 3.37. The van der Waals surface area contributed by atoms with Crippen LogP contribution in [0.1, 0.15) is 18.2 Å². The predicted octanol–water partition coefficient (Wildman–Crippen LogP) is 3.46. The van der Waals surface area contributed by atoms with Gasteiger partial charge in [-0.3, -0.25) is 9.48 Å². The second-order valence-electron chi connectivity index (χ2n) is 4.70. The first-order chi connectivity index (χ1) is 10.1. The molecule has 1 aromatic heterocycles. The molecule has 0 aliphatic rings. The van der Waals surface area contributed by atoms with Gasteiger partial charge in [-0.15, -0.1) is 0 Å². The van der Waals surface area contributed by atoms with Gasteiger partial charge in [0, 0.05) is 28.5 Å². The van der Waals surface area contributed by atoms with Crippen LogP contribution in [0.5, 0.6) is 0 Å². The minimum atomic E-state index is -0.126. The SMILES string of the molecule is C=CC(=O)N(Cc1cnn(C)c1CC)c1cccc(Br)c1. The van der Waals surface area contributed by atoms with Crippen LogP contribution >= 0.6 is 15.9 Å². The Labute approximate surface area is 133 Å². The van der Waals surface area contributed by atoms with Crippen molar-refractivity contribution in [3.05, 3.63) is 58.8 Å². The Bertz CT molecular complexity index is 663. The summed E-state index contributed by atoms with van der Waals surface area (Å²) in [6.45, 7) is 6.16. The van der Waals surface area contributed by atoms with E-state index in [0.29, 0.717) is 6.54 Å². The number of amides is 1. The largest absolute Gasteiger partial charge is 0.304 e. The Kier molecular flexibility index (Phi) is 4.96. The third kappa shape index (κ3) is 3.42. The summed E-state index contributed by atoms with van der Waals surface area (Å²) >= 11 is 3.44. The number of hydrogen-bond donors (Lipinski definition) is 0. The van der Waals surface area contributed by atoms with Gasteiger partial charge in [-0.25, -0.2) is 0 Å². The lowest BCUT2D eigenvalue weighted by molar-refractivity contribution is -0.114. The van der Waals surface area contributed by atoms with Crippen molar-refractivity contribution in [1.82, 2.24) is 9.78 Å². The zero-order valence-electron chi connectivity index (χ0n) is 12.2. The van der Waals surface area contributed by atoms with Gasteiger partial charge in [0.05, 0.1) is 12.7 Å². The highest BCUT2D eigenvalue weighted by molar-refractivity contribution is 9.10. The zero-order chi connectivity index (χ0) is 15.4. The summed E-state index contributed by atoms with van der Waals surface area (Å²) in [7, 11) is 1.92. The molecule has 110 valence electrons. The Morgan fingerprint density at radius 1 is 1.52 bits per heavy atom. The molecule has 0 spiro atoms. The second-order valence-corrected chi connectivity index (χ2v) is 5.62. The van der Waals surface area contributed by atoms with Crippen LogP contribution < -0.4 is 4.90 Å². The maximum Gasteiger partial charge on any atom is 0.250 e. The molecule has 5 heteroatoms. The molecule has 0 saturated carbocycles. The van der Waals surface area contributed by atoms with Crippen LogP contribution in [-0.2, 0) is 24.8 Å². The van der Waals surface area contributed by atoms with Crippen molar-refractivity contribution in [2.45, 2.75) is 19.9 Å². The summed E-state index contributed by atoms with van der Waals surface area (Å²) in [5.41, 5.74) is 3.02. The van der Waals surface area contributed by atoms with Crippen molar-refractivity contribution in [2.24, 2.45) is 7.05 Å². The van der Waals surface area contributed by atoms with Gasteiger partial charge in [0.2, 0.25) is 0 Å². The molecule has 0 radical (unpaired) electrons. The first-order valence-corrected chi connectivity index (χ1v) is 7.55. The number of rotatable bonds is 5. The summed E-state index contributed by atoms with van der Waals surface area (Å²) in [6.07, 6.45) is 4.03. The molecule has 0 aliphatic heterocycles. The average molecular weight is 348 g/mol. The average Bonchev–Trinajstić information content (AvgIpc) is 2.83. The molecule has 2 aromatic rings. The Hall–Kier alpha value is -1.88. The predicted molar refractivity (Wildman–Crippen MR) is 88.1 cm³/mol. The summed E-state index contributed by atoms with van der Waals surface area (Å²) < 4.78 is 2.79. The number of benzene rings is 1. The fourth-order valence-corrected chi connectivity index (χ4v) is 2.70. The van der Waals surface area contributed by atoms with E-state index in [1.54, 1.807) is 4.90 Å². The molecule has 0 bridgehead atoms. The van der Waals surface area contributed by atoms with Gasteiger partial charge in [-0.1, -0.05) is 35.5 Å². The van der Waals surface area contributed by atoms with E-state index in [0.717, 1.165) is 27.8 Å². The zero-order valence-corrected chi connectivity index (χ0v) is 13.8. The van der Waals surface area contributed by atoms with Gasteiger partial charge in [-0.05, 0) is 30.7 Å². The first-order valence-electron chi connectivity index (χ1n) is 6.76. The van der Waals surface area contributed by atoms with Gasteiger partial charge >= 0.3 is 0 Å². The standard InChI is InChI=1S/C16H18BrN3O/c1-4-15-12(10-18-19(15)3)11-20(16(21)5-2)14-8-6-7-13(17)9-14/h5-10H,2,4,11H2,1,3H3. The number of hydrogen-bond acceptors (Lipinski definition) is 2. The number of carbonyl (C=O) groups excluding carboxylic acids is 1. The van der Waals surface area contributed by atoms with Crippen LogP contribution in [0.4, 0.5) is 5.69 Å². The minimum absolute atomic E-state index is 0.126. The van der Waals surface area contributed by atoms with Crippen LogP contribution in [0.15, 0.2) is 47.6 Å². The normalized spacial score (nSPS) is 10.4. The molecule has 1 aromatic carbocycles. The Morgan fingerprint density at radius 3 is 2.90 bits per heavy atom. The molecule has 2 rings (SSSR count). The fourth-order valence-electron chi connectivity index (χ4n) is 2.32. The molecule has 0 atom stereocenters. The molecule has 0 fully saturated rings. The smallest absolute Gasteiger partial charge is 0.250 e. The maximum atomic E-state index is 12.2. The number of aromatic nitrogens is 2. The number of anilines is 1. The molecular weight excluding hydrogens is 330 g/mol. The molecule has 4 nitrogen and oxygen atoms in total. The van der Waals surface area contributed by atoms with Crippen LogP contribution in [0.2, 0.25) is 0 Å². The molecule has 21 heavy (non-hydrogen) atoms. The van der Waals surface area contributed by atoms with Crippen molar-refractivity contribution in [2.75, 3.05) is 4.90 Å². The van der Waals surface area contributed by atoms with E-state index < -0.39 is 0 Å². The molecular formula is C16H18BrN3O. The topological polar surface area (TPSA) is 38.1 Å². The molecule has 1 amide bonds. The van der Waals surface area contributed by atoms with Crippen molar-refractivity contribution in [3.63, 3.8) is 0 Å². The molecule has 0 N–H and O–H groups in total. The number of aryl methyl sites for hydroxylation is 1. The highest BCUT2D eigenvalue weighted by Gasteiger charge is 2.17. The maximum absolute atomic E-state index is 12.2. The van der Waals surface area contributed by atoms with Gasteiger partial charge in [-0.2, -0.15) is 5.10 Å². The van der Waals surface area contributed by atoms with Gasteiger partial charge in [0.25, 0.3) is 5.91 Å². The van der Waals surface area contributed by atoms with Crippen molar-refractivity contribution in [1.29, 1.82) is 0 Å². The minimum Gasteiger partial charge on any atom is -0.304 e. The van der Waals surface area contributed by atoms with E-state index in [4.69, 9.17) is 0 Å². The number of carbonyl (C=O) groups is 1. The van der Waals surface area contributed by atoms with Crippen LogP contribution in [-0.4, -0.2) is 15.7 Å². The van der Waals surface area contributed by atoms with Gasteiger partial charge in [0.15, 0.2) is 0 Å². The van der Waals surface area contributed by atoms with Crippen LogP contribution in [0.3, 0.4) is 0 Å². The lowest BCUT2D eigenvalue weighted by Gasteiger charge is -2.21. The molecule has 1 heterocycles. The van der Waals surface area contributed by atoms with E-state index in [9.17, 15) is 4.79 Å². The molecule has 0 aliphatic carbocycles. The van der Waals surface area contributed by atoms with Crippen LogP contribution in [0, 0.1) is 0 Å². The Morgan fingerprint density at radius 2 is 2.29 bits per heavy atom. The van der Waals surface area contributed by atoms with E-state index in [1.807, 2.05) is 42.2 Å². The summed E-state index contributed by atoms with van der Waals surface area (Å²) in [4.78, 5) is 13.9. The highest BCUT2D eigenvalue weighted by atomic mass is 79.9. The van der Waals surface area contributed by atoms with Crippen molar-refractivity contribution < 1.29 is 4.79 Å². The monoisotopic (exact) mass is 347 g/mol. The highest BCUT2D eigenvalue weighted by Crippen LogP contribution is 2.23. The van der Waals surface area contributed by atoms with Gasteiger partial charge in [0.1, 0.15) is 0 Å². The summed E-state index contributed by atoms with van der Waals surface area (Å²) in [5, 5.41) is 4.28. The number of nitrogens with zero attached hydrogens (tertiary/aromatic N) is 3. The van der Waals surface area contributed by atoms with E-state index >= 15 is 0 Å². The number of halogens is 1. The van der Waals surface area contributed by atoms with Crippen molar-refractivity contribution in [3.8, 4) is 0 Å². The quantitative estimate of drug-likeness (QED) is 0.776. The summed E-state index contributed by atoms with van der Waals surface area (Å²) in [5.74, 6) is -0.126. The van der Waals surface area contributed by atoms with E-state index in [2.05, 4.69) is 34.5 Å². The fraction of sp³-hybridized carbons (Fsp3) is 0.250. The first kappa shape index (κ1) is 15.5. The lowest BCUT2D eigenvalue weighted by atomic mass is 10.1. The van der Waals surface area contributed by atoms with Gasteiger partial charge < -0.3 is 4.90 Å². The lowest BCUT2D eigenvalue weighted by Crippen LogP contribution is -2.28. The molecule has 0 unspecified atom stereocenters. The van der Waals surface area contributed by atoms with Crippen LogP contribution in [0.25, 0.3) is 0 Å². The third-order valence-corrected chi connectivity index (χ3v) is 3.87. The van der Waals surface area contributed by atoms with E-state index in [1.165, 1.54) is 6.08 Å². The molecule has 0 saturated heterocycles. The van der Waals surface area contributed by atoms with E-state index in [-0.39, 0.29) is 5.91 Å². The Balaban J connectivity index is 2.37.